The lowest BCUT2D eigenvalue weighted by Gasteiger charge is -2.32. The smallest absolute Gasteiger partial charge is 0.493 e. The number of hydrogen-bond acceptors (Lipinski definition) is 5. The van der Waals surface area contributed by atoms with E-state index in [1.807, 2.05) is 52.0 Å². The molecule has 1 aromatic carbocycles. The van der Waals surface area contributed by atoms with Crippen molar-refractivity contribution in [1.82, 2.24) is 0 Å². The Morgan fingerprint density at radius 1 is 1.09 bits per heavy atom. The second-order valence-electron chi connectivity index (χ2n) is 6.53. The average Bonchev–Trinajstić information content (AvgIpc) is 2.67. The average molecular weight is 321 g/mol. The van der Waals surface area contributed by atoms with Crippen LogP contribution in [0, 0.1) is 0 Å². The predicted octanol–water partition coefficient (Wildman–Crippen LogP) is 1.85. The van der Waals surface area contributed by atoms with Gasteiger partial charge in [-0.15, -0.1) is 0 Å². The lowest BCUT2D eigenvalue weighted by molar-refractivity contribution is 0.00578. The topological polar surface area (TPSA) is 80.0 Å². The van der Waals surface area contributed by atoms with Crippen molar-refractivity contribution >= 4 is 18.7 Å². The van der Waals surface area contributed by atoms with E-state index < -0.39 is 6.09 Å². The highest BCUT2D eigenvalue weighted by Gasteiger charge is 2.51. The molecule has 1 aliphatic rings. The van der Waals surface area contributed by atoms with Gasteiger partial charge < -0.3 is 24.5 Å². The van der Waals surface area contributed by atoms with Crippen LogP contribution in [-0.2, 0) is 14.0 Å². The number of rotatable bonds is 6. The summed E-state index contributed by atoms with van der Waals surface area (Å²) in [7, 11) is -0.377. The molecule has 0 aliphatic carbocycles. The van der Waals surface area contributed by atoms with Crippen LogP contribution in [-0.4, -0.2) is 37.6 Å². The first kappa shape index (κ1) is 17.6. The molecule has 1 amide bonds. The molecule has 1 fully saturated rings. The number of benzene rings is 1. The Labute approximate surface area is 137 Å². The van der Waals surface area contributed by atoms with Crippen molar-refractivity contribution in [2.24, 2.45) is 5.73 Å². The second-order valence-corrected chi connectivity index (χ2v) is 6.53. The summed E-state index contributed by atoms with van der Waals surface area (Å²) in [6.07, 6.45) is -0.182. The van der Waals surface area contributed by atoms with E-state index in [0.29, 0.717) is 13.0 Å². The first-order chi connectivity index (χ1) is 10.7. The standard InChI is InChI=1S/C16H24BNO5/c1-15(2)16(3,4)23-17(22-15)12-6-8-13(9-7-12)20-10-5-11-21-14(18)19/h6-9H,5,10-11H2,1-4H3,(H2,18,19). The Hall–Kier alpha value is -1.73. The summed E-state index contributed by atoms with van der Waals surface area (Å²) in [5, 5.41) is 0. The van der Waals surface area contributed by atoms with Crippen LogP contribution in [0.2, 0.25) is 0 Å². The third kappa shape index (κ3) is 4.39. The Balaban J connectivity index is 1.85. The molecule has 7 heteroatoms. The van der Waals surface area contributed by atoms with Gasteiger partial charge in [0.2, 0.25) is 0 Å². The molecular formula is C16H24BNO5. The molecule has 2 N–H and O–H groups in total. The molecule has 0 saturated carbocycles. The molecule has 1 heterocycles. The normalized spacial score (nSPS) is 18.7. The van der Waals surface area contributed by atoms with Gasteiger partial charge in [0.05, 0.1) is 24.4 Å². The van der Waals surface area contributed by atoms with Gasteiger partial charge in [0, 0.05) is 6.42 Å². The number of primary amides is 1. The Morgan fingerprint density at radius 2 is 1.65 bits per heavy atom. The minimum atomic E-state index is -0.767. The molecule has 1 aromatic rings. The molecule has 23 heavy (non-hydrogen) atoms. The van der Waals surface area contributed by atoms with Gasteiger partial charge in [-0.25, -0.2) is 4.79 Å². The van der Waals surface area contributed by atoms with Crippen molar-refractivity contribution in [2.45, 2.75) is 45.3 Å². The summed E-state index contributed by atoms with van der Waals surface area (Å²) in [6, 6.07) is 7.60. The molecule has 0 aromatic heterocycles. The van der Waals surface area contributed by atoms with Crippen LogP contribution in [0.15, 0.2) is 24.3 Å². The molecule has 1 saturated heterocycles. The Morgan fingerprint density at radius 3 is 2.17 bits per heavy atom. The van der Waals surface area contributed by atoms with Crippen LogP contribution in [0.4, 0.5) is 4.79 Å². The molecule has 0 atom stereocenters. The van der Waals surface area contributed by atoms with Crippen LogP contribution in [0.1, 0.15) is 34.1 Å². The fraction of sp³-hybridized carbons (Fsp3) is 0.562. The number of amides is 1. The van der Waals surface area contributed by atoms with Gasteiger partial charge in [0.15, 0.2) is 0 Å². The van der Waals surface area contributed by atoms with E-state index in [0.717, 1.165) is 11.2 Å². The van der Waals surface area contributed by atoms with Crippen molar-refractivity contribution in [3.63, 3.8) is 0 Å². The molecule has 0 radical (unpaired) electrons. The Kier molecular flexibility index (Phi) is 5.21. The monoisotopic (exact) mass is 321 g/mol. The molecule has 126 valence electrons. The molecule has 2 rings (SSSR count). The fourth-order valence-corrected chi connectivity index (χ4v) is 2.12. The summed E-state index contributed by atoms with van der Waals surface area (Å²) in [4.78, 5) is 10.4. The fourth-order valence-electron chi connectivity index (χ4n) is 2.12. The van der Waals surface area contributed by atoms with Crippen LogP contribution < -0.4 is 15.9 Å². The third-order valence-corrected chi connectivity index (χ3v) is 4.21. The number of carbonyl (C=O) groups is 1. The van der Waals surface area contributed by atoms with Crippen molar-refractivity contribution in [2.75, 3.05) is 13.2 Å². The molecule has 0 unspecified atom stereocenters. The van der Waals surface area contributed by atoms with Crippen LogP contribution >= 0.6 is 0 Å². The highest BCUT2D eigenvalue weighted by atomic mass is 16.7. The van der Waals surface area contributed by atoms with E-state index in [4.69, 9.17) is 19.8 Å². The zero-order chi connectivity index (χ0) is 17.1. The van der Waals surface area contributed by atoms with Crippen LogP contribution in [0.25, 0.3) is 0 Å². The zero-order valence-corrected chi connectivity index (χ0v) is 14.1. The van der Waals surface area contributed by atoms with Gasteiger partial charge in [0.25, 0.3) is 0 Å². The SMILES string of the molecule is CC1(C)OB(c2ccc(OCCCOC(N)=O)cc2)OC1(C)C. The highest BCUT2D eigenvalue weighted by Crippen LogP contribution is 2.36. The van der Waals surface area contributed by atoms with Gasteiger partial charge in [0.1, 0.15) is 5.75 Å². The number of nitrogens with two attached hydrogens (primary N) is 1. The minimum absolute atomic E-state index is 0.251. The first-order valence-corrected chi connectivity index (χ1v) is 7.72. The van der Waals surface area contributed by atoms with Gasteiger partial charge in [-0.2, -0.15) is 0 Å². The molecule has 0 spiro atoms. The third-order valence-electron chi connectivity index (χ3n) is 4.21. The van der Waals surface area contributed by atoms with E-state index in [1.165, 1.54) is 0 Å². The quantitative estimate of drug-likeness (QED) is 0.639. The number of carbonyl (C=O) groups excluding carboxylic acids is 1. The Bertz CT molecular complexity index is 528. The van der Waals surface area contributed by atoms with Crippen molar-refractivity contribution < 1.29 is 23.6 Å². The van der Waals surface area contributed by atoms with Crippen LogP contribution in [0.3, 0.4) is 0 Å². The lowest BCUT2D eigenvalue weighted by Crippen LogP contribution is -2.41. The largest absolute Gasteiger partial charge is 0.494 e. The second kappa shape index (κ2) is 6.80. The maximum Gasteiger partial charge on any atom is 0.494 e. The maximum atomic E-state index is 10.4. The summed E-state index contributed by atoms with van der Waals surface area (Å²) in [5.74, 6) is 0.740. The predicted molar refractivity (Wildman–Crippen MR) is 87.8 cm³/mol. The van der Waals surface area contributed by atoms with Crippen molar-refractivity contribution in [3.8, 4) is 5.75 Å². The summed E-state index contributed by atoms with van der Waals surface area (Å²) < 4.78 is 22.2. The minimum Gasteiger partial charge on any atom is -0.493 e. The zero-order valence-electron chi connectivity index (χ0n) is 14.1. The highest BCUT2D eigenvalue weighted by molar-refractivity contribution is 6.62. The molecule has 0 bridgehead atoms. The maximum absolute atomic E-state index is 10.4. The van der Waals surface area contributed by atoms with Crippen LogP contribution in [0.5, 0.6) is 5.75 Å². The van der Waals surface area contributed by atoms with Crippen molar-refractivity contribution in [1.29, 1.82) is 0 Å². The molecule has 6 nitrogen and oxygen atoms in total. The summed E-state index contributed by atoms with van der Waals surface area (Å²) in [5.41, 5.74) is 5.12. The van der Waals surface area contributed by atoms with Gasteiger partial charge in [-0.1, -0.05) is 12.1 Å². The molecule has 1 aliphatic heterocycles. The van der Waals surface area contributed by atoms with E-state index in [1.54, 1.807) is 0 Å². The van der Waals surface area contributed by atoms with Crippen molar-refractivity contribution in [3.05, 3.63) is 24.3 Å². The van der Waals surface area contributed by atoms with E-state index in [2.05, 4.69) is 4.74 Å². The van der Waals surface area contributed by atoms with E-state index in [-0.39, 0.29) is 24.9 Å². The van der Waals surface area contributed by atoms with Gasteiger partial charge >= 0.3 is 13.2 Å². The summed E-state index contributed by atoms with van der Waals surface area (Å²) >= 11 is 0. The van der Waals surface area contributed by atoms with E-state index >= 15 is 0 Å². The first-order valence-electron chi connectivity index (χ1n) is 7.72. The number of ether oxygens (including phenoxy) is 2. The van der Waals surface area contributed by atoms with Gasteiger partial charge in [-0.05, 0) is 45.3 Å². The van der Waals surface area contributed by atoms with E-state index in [9.17, 15) is 4.79 Å². The molecular weight excluding hydrogens is 297 g/mol. The number of hydrogen-bond donors (Lipinski definition) is 1. The summed E-state index contributed by atoms with van der Waals surface area (Å²) in [6.45, 7) is 8.80. The van der Waals surface area contributed by atoms with Gasteiger partial charge in [-0.3, -0.25) is 0 Å². The lowest BCUT2D eigenvalue weighted by atomic mass is 9.79.